The maximum absolute atomic E-state index is 5.42. The predicted octanol–water partition coefficient (Wildman–Crippen LogP) is 2.16. The molecule has 0 aromatic heterocycles. The summed E-state index contributed by atoms with van der Waals surface area (Å²) in [5.74, 6) is 0.934. The Kier molecular flexibility index (Phi) is 9.50. The first kappa shape index (κ1) is 20.2. The van der Waals surface area contributed by atoms with Crippen LogP contribution in [0.5, 0.6) is 0 Å². The van der Waals surface area contributed by atoms with Crippen molar-refractivity contribution in [2.75, 3.05) is 46.9 Å². The minimum atomic E-state index is 0. The average molecular weight is 432 g/mol. The SMILES string of the molecule is CCNC(=NCc1ccccc1CN1CCOCC1)N(C)C.I. The molecule has 23 heavy (non-hydrogen) atoms. The Morgan fingerprint density at radius 1 is 1.22 bits per heavy atom. The third-order valence-electron chi connectivity index (χ3n) is 3.77. The zero-order valence-corrected chi connectivity index (χ0v) is 16.7. The van der Waals surface area contributed by atoms with Crippen LogP contribution in [0.2, 0.25) is 0 Å². The zero-order valence-electron chi connectivity index (χ0n) is 14.4. The smallest absolute Gasteiger partial charge is 0.193 e. The largest absolute Gasteiger partial charge is 0.379 e. The third-order valence-corrected chi connectivity index (χ3v) is 3.77. The summed E-state index contributed by atoms with van der Waals surface area (Å²) in [5.41, 5.74) is 2.66. The van der Waals surface area contributed by atoms with Crippen molar-refractivity contribution >= 4 is 29.9 Å². The van der Waals surface area contributed by atoms with Crippen LogP contribution in [0.3, 0.4) is 0 Å². The molecule has 0 saturated carbocycles. The highest BCUT2D eigenvalue weighted by Gasteiger charge is 2.12. The van der Waals surface area contributed by atoms with Gasteiger partial charge in [-0.2, -0.15) is 0 Å². The summed E-state index contributed by atoms with van der Waals surface area (Å²) in [7, 11) is 4.03. The molecule has 1 aromatic carbocycles. The molecular weight excluding hydrogens is 403 g/mol. The minimum Gasteiger partial charge on any atom is -0.379 e. The second-order valence-corrected chi connectivity index (χ2v) is 5.72. The molecular formula is C17H29IN4O. The molecule has 0 spiro atoms. The molecule has 5 nitrogen and oxygen atoms in total. The normalized spacial score (nSPS) is 15.9. The van der Waals surface area contributed by atoms with Gasteiger partial charge in [0.25, 0.3) is 0 Å². The molecule has 1 aromatic rings. The lowest BCUT2D eigenvalue weighted by molar-refractivity contribution is 0.0341. The number of nitrogens with zero attached hydrogens (tertiary/aromatic N) is 3. The Labute approximate surface area is 157 Å². The Morgan fingerprint density at radius 3 is 2.48 bits per heavy atom. The van der Waals surface area contributed by atoms with E-state index < -0.39 is 0 Å². The molecule has 0 aliphatic carbocycles. The van der Waals surface area contributed by atoms with E-state index in [2.05, 4.69) is 41.4 Å². The highest BCUT2D eigenvalue weighted by molar-refractivity contribution is 14.0. The van der Waals surface area contributed by atoms with Crippen LogP contribution in [-0.4, -0.2) is 62.7 Å². The standard InChI is InChI=1S/C17H28N4O.HI/c1-4-18-17(20(2)3)19-13-15-7-5-6-8-16(15)14-21-9-11-22-12-10-21;/h5-8H,4,9-14H2,1-3H3,(H,18,19);1H. The summed E-state index contributed by atoms with van der Waals surface area (Å²) in [6.45, 7) is 8.36. The van der Waals surface area contributed by atoms with E-state index >= 15 is 0 Å². The number of aliphatic imine (C=N–C) groups is 1. The molecule has 1 aliphatic heterocycles. The van der Waals surface area contributed by atoms with Gasteiger partial charge in [0.1, 0.15) is 0 Å². The molecule has 0 unspecified atom stereocenters. The van der Waals surface area contributed by atoms with Crippen molar-refractivity contribution in [2.45, 2.75) is 20.0 Å². The average Bonchev–Trinajstić information content (AvgIpc) is 2.53. The molecule has 1 aliphatic rings. The molecule has 1 heterocycles. The Bertz CT molecular complexity index is 487. The zero-order chi connectivity index (χ0) is 15.8. The summed E-state index contributed by atoms with van der Waals surface area (Å²) < 4.78 is 5.42. The lowest BCUT2D eigenvalue weighted by Crippen LogP contribution is -2.36. The van der Waals surface area contributed by atoms with Gasteiger partial charge in [-0.3, -0.25) is 4.90 Å². The van der Waals surface area contributed by atoms with E-state index in [1.54, 1.807) is 0 Å². The van der Waals surface area contributed by atoms with Crippen LogP contribution in [0, 0.1) is 0 Å². The molecule has 0 bridgehead atoms. The quantitative estimate of drug-likeness (QED) is 0.440. The number of ether oxygens (including phenoxy) is 1. The van der Waals surface area contributed by atoms with Gasteiger partial charge in [-0.1, -0.05) is 24.3 Å². The maximum Gasteiger partial charge on any atom is 0.193 e. The lowest BCUT2D eigenvalue weighted by Gasteiger charge is -2.27. The Hall–Kier alpha value is -0.860. The van der Waals surface area contributed by atoms with Crippen LogP contribution in [0.25, 0.3) is 0 Å². The van der Waals surface area contributed by atoms with Crippen LogP contribution in [0.15, 0.2) is 29.3 Å². The molecule has 1 N–H and O–H groups in total. The number of halogens is 1. The van der Waals surface area contributed by atoms with Crippen molar-refractivity contribution in [3.63, 3.8) is 0 Å². The number of hydrogen-bond acceptors (Lipinski definition) is 3. The van der Waals surface area contributed by atoms with Crippen LogP contribution >= 0.6 is 24.0 Å². The van der Waals surface area contributed by atoms with Gasteiger partial charge in [-0.05, 0) is 18.1 Å². The summed E-state index contributed by atoms with van der Waals surface area (Å²) >= 11 is 0. The Balaban J connectivity index is 0.00000264. The van der Waals surface area contributed by atoms with Crippen LogP contribution in [0.4, 0.5) is 0 Å². The molecule has 0 radical (unpaired) electrons. The van der Waals surface area contributed by atoms with Gasteiger partial charge in [0.05, 0.1) is 19.8 Å². The summed E-state index contributed by atoms with van der Waals surface area (Å²) in [4.78, 5) is 9.19. The van der Waals surface area contributed by atoms with Crippen molar-refractivity contribution in [3.05, 3.63) is 35.4 Å². The summed E-state index contributed by atoms with van der Waals surface area (Å²) in [5, 5.41) is 3.30. The molecule has 1 saturated heterocycles. The first-order chi connectivity index (χ1) is 10.7. The van der Waals surface area contributed by atoms with E-state index in [-0.39, 0.29) is 24.0 Å². The minimum absolute atomic E-state index is 0. The number of nitrogens with one attached hydrogen (secondary N) is 1. The molecule has 2 rings (SSSR count). The second-order valence-electron chi connectivity index (χ2n) is 5.72. The first-order valence-corrected chi connectivity index (χ1v) is 8.03. The van der Waals surface area contributed by atoms with E-state index in [0.717, 1.165) is 45.4 Å². The van der Waals surface area contributed by atoms with Crippen molar-refractivity contribution in [3.8, 4) is 0 Å². The Morgan fingerprint density at radius 2 is 1.87 bits per heavy atom. The van der Waals surface area contributed by atoms with Gasteiger partial charge in [0.2, 0.25) is 0 Å². The number of rotatable bonds is 5. The van der Waals surface area contributed by atoms with Crippen molar-refractivity contribution in [1.82, 2.24) is 15.1 Å². The maximum atomic E-state index is 5.42. The summed E-state index contributed by atoms with van der Waals surface area (Å²) in [6, 6.07) is 8.60. The van der Waals surface area contributed by atoms with Gasteiger partial charge in [0, 0.05) is 40.3 Å². The number of benzene rings is 1. The molecule has 6 heteroatoms. The van der Waals surface area contributed by atoms with Crippen molar-refractivity contribution in [1.29, 1.82) is 0 Å². The molecule has 0 amide bonds. The highest BCUT2D eigenvalue weighted by atomic mass is 127. The fourth-order valence-electron chi connectivity index (χ4n) is 2.54. The van der Waals surface area contributed by atoms with Crippen molar-refractivity contribution < 1.29 is 4.74 Å². The van der Waals surface area contributed by atoms with E-state index in [0.29, 0.717) is 6.54 Å². The lowest BCUT2D eigenvalue weighted by atomic mass is 10.1. The number of hydrogen-bond donors (Lipinski definition) is 1. The fraction of sp³-hybridized carbons (Fsp3) is 0.588. The van der Waals surface area contributed by atoms with E-state index in [4.69, 9.17) is 9.73 Å². The number of guanidine groups is 1. The van der Waals surface area contributed by atoms with E-state index in [9.17, 15) is 0 Å². The predicted molar refractivity (Wildman–Crippen MR) is 106 cm³/mol. The van der Waals surface area contributed by atoms with Gasteiger partial charge in [-0.25, -0.2) is 4.99 Å². The fourth-order valence-corrected chi connectivity index (χ4v) is 2.54. The van der Waals surface area contributed by atoms with Crippen LogP contribution in [0.1, 0.15) is 18.1 Å². The van der Waals surface area contributed by atoms with E-state index in [1.807, 2.05) is 19.0 Å². The van der Waals surface area contributed by atoms with Crippen molar-refractivity contribution in [2.24, 2.45) is 4.99 Å². The third kappa shape index (κ3) is 6.64. The molecule has 130 valence electrons. The molecule has 0 atom stereocenters. The van der Waals surface area contributed by atoms with Crippen LogP contribution in [-0.2, 0) is 17.8 Å². The van der Waals surface area contributed by atoms with E-state index in [1.165, 1.54) is 11.1 Å². The first-order valence-electron chi connectivity index (χ1n) is 8.03. The summed E-state index contributed by atoms with van der Waals surface area (Å²) in [6.07, 6.45) is 0. The monoisotopic (exact) mass is 432 g/mol. The van der Waals surface area contributed by atoms with Gasteiger partial charge >= 0.3 is 0 Å². The van der Waals surface area contributed by atoms with Crippen LogP contribution < -0.4 is 5.32 Å². The van der Waals surface area contributed by atoms with Gasteiger partial charge in [0.15, 0.2) is 5.96 Å². The molecule has 1 fully saturated rings. The second kappa shape index (κ2) is 10.8. The van der Waals surface area contributed by atoms with Gasteiger partial charge in [-0.15, -0.1) is 24.0 Å². The van der Waals surface area contributed by atoms with Gasteiger partial charge < -0.3 is 15.0 Å². The topological polar surface area (TPSA) is 40.1 Å². The highest BCUT2D eigenvalue weighted by Crippen LogP contribution is 2.14. The number of morpholine rings is 1.